The zero-order chi connectivity index (χ0) is 31.9. The van der Waals surface area contributed by atoms with E-state index in [0.29, 0.717) is 24.2 Å². The van der Waals surface area contributed by atoms with Crippen LogP contribution in [0.1, 0.15) is 56.3 Å². The van der Waals surface area contributed by atoms with Crippen LogP contribution in [0.2, 0.25) is 0 Å². The number of Topliss-reactive ketones (excluding diaryl/α,β-unsaturated/α-hetero) is 2. The number of ketones is 2. The maximum absolute atomic E-state index is 14.4. The molecule has 0 saturated carbocycles. The molecule has 0 bridgehead atoms. The van der Waals surface area contributed by atoms with Gasteiger partial charge in [-0.2, -0.15) is 13.2 Å². The molecule has 2 fully saturated rings. The number of amides is 4. The number of hydrogen-bond acceptors (Lipinski definition) is 5. The summed E-state index contributed by atoms with van der Waals surface area (Å²) in [6, 6.07) is 12.5. The third-order valence-electron chi connectivity index (χ3n) is 8.37. The standard InChI is InChI=1S/C32H40F3N5O4/c1-22(29(42)28(25-13-7-4-8-14-25)37-31(44)39-15-9-10-16-39)21-26(32(33,34)35)38-17-19-40(20-18-38)30(43)36-27(23(2)41)24-11-5-3-6-12-24/h3-8,11-14,22,26-28H,9-10,15-21H2,1-2H3,(H,36,43)(H,37,44)/t22?,26?,27-,28+/m0/s1. The number of carbonyl (C=O) groups excluding carboxylic acids is 4. The van der Waals surface area contributed by atoms with Crippen LogP contribution in [0.5, 0.6) is 0 Å². The number of urea groups is 2. The average molecular weight is 616 g/mol. The van der Waals surface area contributed by atoms with Gasteiger partial charge >= 0.3 is 18.2 Å². The first kappa shape index (κ1) is 33.0. The fraction of sp³-hybridized carbons (Fsp3) is 0.500. The van der Waals surface area contributed by atoms with Crippen molar-refractivity contribution in [3.05, 3.63) is 71.8 Å². The van der Waals surface area contributed by atoms with E-state index in [1.165, 1.54) is 23.6 Å². The molecule has 44 heavy (non-hydrogen) atoms. The smallest absolute Gasteiger partial charge is 0.325 e. The van der Waals surface area contributed by atoms with Crippen LogP contribution in [0, 0.1) is 5.92 Å². The summed E-state index contributed by atoms with van der Waals surface area (Å²) in [6.45, 7) is 3.92. The Morgan fingerprint density at radius 2 is 1.18 bits per heavy atom. The van der Waals surface area contributed by atoms with Gasteiger partial charge in [0.05, 0.1) is 0 Å². The van der Waals surface area contributed by atoms with Crippen molar-refractivity contribution in [2.75, 3.05) is 39.3 Å². The Labute approximate surface area is 255 Å². The molecule has 9 nitrogen and oxygen atoms in total. The monoisotopic (exact) mass is 615 g/mol. The highest BCUT2D eigenvalue weighted by Crippen LogP contribution is 2.32. The van der Waals surface area contributed by atoms with Gasteiger partial charge in [0.2, 0.25) is 0 Å². The minimum absolute atomic E-state index is 0.0265. The van der Waals surface area contributed by atoms with Crippen LogP contribution in [-0.2, 0) is 9.59 Å². The van der Waals surface area contributed by atoms with Crippen LogP contribution < -0.4 is 10.6 Å². The van der Waals surface area contributed by atoms with E-state index in [2.05, 4.69) is 10.6 Å². The van der Waals surface area contributed by atoms with Crippen molar-refractivity contribution in [1.82, 2.24) is 25.3 Å². The van der Waals surface area contributed by atoms with Crippen LogP contribution in [-0.4, -0.2) is 89.8 Å². The van der Waals surface area contributed by atoms with E-state index >= 15 is 0 Å². The molecule has 0 spiro atoms. The Balaban J connectivity index is 1.41. The van der Waals surface area contributed by atoms with Crippen molar-refractivity contribution >= 4 is 23.6 Å². The summed E-state index contributed by atoms with van der Waals surface area (Å²) < 4.78 is 43.2. The largest absolute Gasteiger partial charge is 0.404 e. The van der Waals surface area contributed by atoms with Crippen molar-refractivity contribution in [2.45, 2.75) is 57.4 Å². The Bertz CT molecular complexity index is 1280. The molecule has 2 aromatic rings. The molecule has 2 N–H and O–H groups in total. The van der Waals surface area contributed by atoms with Gasteiger partial charge in [-0.3, -0.25) is 14.5 Å². The van der Waals surface area contributed by atoms with Crippen LogP contribution >= 0.6 is 0 Å². The number of halogens is 3. The van der Waals surface area contributed by atoms with Crippen molar-refractivity contribution in [1.29, 1.82) is 0 Å². The van der Waals surface area contributed by atoms with Crippen molar-refractivity contribution < 1.29 is 32.3 Å². The van der Waals surface area contributed by atoms with Gasteiger partial charge in [-0.05, 0) is 37.3 Å². The maximum atomic E-state index is 14.4. The molecule has 4 atom stereocenters. The summed E-state index contributed by atoms with van der Waals surface area (Å²) in [4.78, 5) is 56.0. The summed E-state index contributed by atoms with van der Waals surface area (Å²) in [5.74, 6) is -1.77. The predicted molar refractivity (Wildman–Crippen MR) is 159 cm³/mol. The van der Waals surface area contributed by atoms with Gasteiger partial charge in [0, 0.05) is 45.2 Å². The van der Waals surface area contributed by atoms with E-state index in [-0.39, 0.29) is 32.0 Å². The summed E-state index contributed by atoms with van der Waals surface area (Å²) in [6.07, 6.45) is -3.38. The van der Waals surface area contributed by atoms with Gasteiger partial charge in [-0.1, -0.05) is 67.6 Å². The van der Waals surface area contributed by atoms with Gasteiger partial charge in [-0.15, -0.1) is 0 Å². The molecule has 2 aromatic carbocycles. The molecule has 2 aliphatic heterocycles. The highest BCUT2D eigenvalue weighted by atomic mass is 19.4. The van der Waals surface area contributed by atoms with Crippen molar-refractivity contribution in [3.63, 3.8) is 0 Å². The number of benzene rings is 2. The van der Waals surface area contributed by atoms with Crippen LogP contribution in [0.4, 0.5) is 22.8 Å². The molecule has 4 rings (SSSR count). The van der Waals surface area contributed by atoms with E-state index < -0.39 is 54.5 Å². The zero-order valence-corrected chi connectivity index (χ0v) is 25.1. The summed E-state index contributed by atoms with van der Waals surface area (Å²) in [5.41, 5.74) is 1.13. The van der Waals surface area contributed by atoms with Gasteiger partial charge in [0.1, 0.15) is 18.1 Å². The van der Waals surface area contributed by atoms with E-state index in [4.69, 9.17) is 0 Å². The molecule has 2 heterocycles. The molecule has 0 aromatic heterocycles. The number of hydrogen-bond donors (Lipinski definition) is 2. The molecule has 0 radical (unpaired) electrons. The molecule has 2 unspecified atom stereocenters. The molecule has 4 amide bonds. The second-order valence-corrected chi connectivity index (χ2v) is 11.5. The second-order valence-electron chi connectivity index (χ2n) is 11.5. The minimum atomic E-state index is -4.62. The van der Waals surface area contributed by atoms with Crippen molar-refractivity contribution in [3.8, 4) is 0 Å². The number of nitrogens with zero attached hydrogens (tertiary/aromatic N) is 3. The molecule has 0 aliphatic carbocycles. The SMILES string of the molecule is CC(=O)[C@H](NC(=O)N1CCN(C(CC(C)C(=O)[C@H](NC(=O)N2CCCC2)c2ccccc2)C(F)(F)F)CC1)c1ccccc1. The lowest BCUT2D eigenvalue weighted by atomic mass is 9.89. The van der Waals surface area contributed by atoms with E-state index in [1.807, 2.05) is 0 Å². The number of likely N-dealkylation sites (tertiary alicyclic amines) is 1. The lowest BCUT2D eigenvalue weighted by Crippen LogP contribution is -2.58. The normalized spacial score (nSPS) is 18.7. The number of nitrogens with one attached hydrogen (secondary N) is 2. The first-order valence-corrected chi connectivity index (χ1v) is 15.0. The minimum Gasteiger partial charge on any atom is -0.325 e. The van der Waals surface area contributed by atoms with E-state index in [9.17, 15) is 32.3 Å². The van der Waals surface area contributed by atoms with Crippen LogP contribution in [0.15, 0.2) is 60.7 Å². The molecular weight excluding hydrogens is 575 g/mol. The summed E-state index contributed by atoms with van der Waals surface area (Å²) >= 11 is 0. The van der Waals surface area contributed by atoms with Gasteiger partial charge in [-0.25, -0.2) is 9.59 Å². The predicted octanol–water partition coefficient (Wildman–Crippen LogP) is 4.72. The number of rotatable bonds is 10. The van der Waals surface area contributed by atoms with E-state index in [0.717, 1.165) is 12.8 Å². The highest BCUT2D eigenvalue weighted by Gasteiger charge is 2.46. The third kappa shape index (κ3) is 8.37. The average Bonchev–Trinajstić information content (AvgIpc) is 3.56. The molecule has 2 saturated heterocycles. The van der Waals surface area contributed by atoms with Gasteiger partial charge < -0.3 is 20.4 Å². The summed E-state index contributed by atoms with van der Waals surface area (Å²) in [5, 5.41) is 5.47. The van der Waals surface area contributed by atoms with Gasteiger partial charge in [0.25, 0.3) is 0 Å². The lowest BCUT2D eigenvalue weighted by Gasteiger charge is -2.41. The quantitative estimate of drug-likeness (QED) is 0.403. The van der Waals surface area contributed by atoms with Crippen LogP contribution in [0.25, 0.3) is 0 Å². The summed E-state index contributed by atoms with van der Waals surface area (Å²) in [7, 11) is 0. The first-order valence-electron chi connectivity index (χ1n) is 15.0. The van der Waals surface area contributed by atoms with Gasteiger partial charge in [0.15, 0.2) is 11.6 Å². The topological polar surface area (TPSA) is 102 Å². The fourth-order valence-electron chi connectivity index (χ4n) is 5.84. The highest BCUT2D eigenvalue weighted by molar-refractivity contribution is 5.91. The number of alkyl halides is 3. The van der Waals surface area contributed by atoms with E-state index in [1.54, 1.807) is 65.6 Å². The number of piperazine rings is 1. The number of carbonyl (C=O) groups is 4. The second kappa shape index (κ2) is 14.7. The Kier molecular flexibility index (Phi) is 11.0. The molecule has 2 aliphatic rings. The first-order chi connectivity index (χ1) is 21.0. The molecule has 238 valence electrons. The third-order valence-corrected chi connectivity index (χ3v) is 8.37. The lowest BCUT2D eigenvalue weighted by molar-refractivity contribution is -0.191. The Hall–Kier alpha value is -3.93. The molecule has 12 heteroatoms. The van der Waals surface area contributed by atoms with Crippen LogP contribution in [0.3, 0.4) is 0 Å². The zero-order valence-electron chi connectivity index (χ0n) is 25.1. The molecular formula is C32H40F3N5O4. The van der Waals surface area contributed by atoms with Crippen molar-refractivity contribution in [2.24, 2.45) is 5.92 Å². The Morgan fingerprint density at radius 3 is 1.66 bits per heavy atom. The Morgan fingerprint density at radius 1 is 0.727 bits per heavy atom. The fourth-order valence-corrected chi connectivity index (χ4v) is 5.84. The maximum Gasteiger partial charge on any atom is 0.404 e.